The van der Waals surface area contributed by atoms with E-state index >= 15 is 0 Å². The molecule has 0 saturated heterocycles. The highest BCUT2D eigenvalue weighted by Crippen LogP contribution is 2.26. The summed E-state index contributed by atoms with van der Waals surface area (Å²) in [6.07, 6.45) is -0.742. The van der Waals surface area contributed by atoms with Crippen LogP contribution >= 0.6 is 0 Å². The van der Waals surface area contributed by atoms with Crippen LogP contribution in [0.4, 0.5) is 11.4 Å². The number of carbonyl (C=O) groups excluding carboxylic acids is 1. The van der Waals surface area contributed by atoms with Crippen molar-refractivity contribution in [2.24, 2.45) is 0 Å². The lowest BCUT2D eigenvalue weighted by atomic mass is 9.87. The number of ether oxygens (including phenoxy) is 1. The Morgan fingerprint density at radius 1 is 1.15 bits per heavy atom. The number of rotatable bonds is 5. The summed E-state index contributed by atoms with van der Waals surface area (Å²) in [6.45, 7) is 9.62. The van der Waals surface area contributed by atoms with Crippen LogP contribution in [0.2, 0.25) is 0 Å². The van der Waals surface area contributed by atoms with Gasteiger partial charge in [0, 0.05) is 6.07 Å². The Morgan fingerprint density at radius 3 is 2.31 bits per heavy atom. The van der Waals surface area contributed by atoms with Crippen LogP contribution in [-0.4, -0.2) is 16.9 Å². The zero-order valence-electron chi connectivity index (χ0n) is 15.7. The van der Waals surface area contributed by atoms with Crippen molar-refractivity contribution in [1.29, 1.82) is 0 Å². The molecule has 0 aromatic heterocycles. The molecule has 0 saturated carbocycles. The van der Waals surface area contributed by atoms with Gasteiger partial charge >= 0.3 is 0 Å². The fraction of sp³-hybridized carbons (Fsp3) is 0.350. The van der Waals surface area contributed by atoms with E-state index in [0.29, 0.717) is 17.0 Å². The molecule has 1 unspecified atom stereocenters. The molecule has 0 fully saturated rings. The van der Waals surface area contributed by atoms with E-state index in [2.05, 4.69) is 26.1 Å². The van der Waals surface area contributed by atoms with Gasteiger partial charge in [-0.1, -0.05) is 39.0 Å². The summed E-state index contributed by atoms with van der Waals surface area (Å²) < 4.78 is 5.69. The van der Waals surface area contributed by atoms with E-state index in [1.807, 2.05) is 24.3 Å². The first-order valence-electron chi connectivity index (χ1n) is 8.41. The normalized spacial score (nSPS) is 12.3. The molecule has 0 heterocycles. The van der Waals surface area contributed by atoms with Crippen LogP contribution in [0.1, 0.15) is 38.8 Å². The van der Waals surface area contributed by atoms with E-state index in [4.69, 9.17) is 4.74 Å². The molecule has 0 aliphatic carbocycles. The molecular formula is C20H24N2O4. The maximum Gasteiger partial charge on any atom is 0.274 e. The highest BCUT2D eigenvalue weighted by Gasteiger charge is 2.19. The third-order valence-corrected chi connectivity index (χ3v) is 4.16. The van der Waals surface area contributed by atoms with Crippen LogP contribution in [0.25, 0.3) is 0 Å². The van der Waals surface area contributed by atoms with Gasteiger partial charge in [-0.2, -0.15) is 0 Å². The van der Waals surface area contributed by atoms with Gasteiger partial charge in [0.15, 0.2) is 6.10 Å². The van der Waals surface area contributed by atoms with E-state index in [1.165, 1.54) is 17.7 Å². The third-order valence-electron chi connectivity index (χ3n) is 4.16. The zero-order chi connectivity index (χ0) is 19.5. The second kappa shape index (κ2) is 7.56. The Hall–Kier alpha value is -2.89. The second-order valence-electron chi connectivity index (χ2n) is 7.23. The quantitative estimate of drug-likeness (QED) is 0.627. The molecule has 2 rings (SSSR count). The van der Waals surface area contributed by atoms with Gasteiger partial charge in [0.25, 0.3) is 11.6 Å². The Kier molecular flexibility index (Phi) is 5.65. The van der Waals surface area contributed by atoms with Crippen LogP contribution in [0.3, 0.4) is 0 Å². The number of nitrogens with zero attached hydrogens (tertiary/aromatic N) is 1. The summed E-state index contributed by atoms with van der Waals surface area (Å²) in [5.41, 5.74) is 2.00. The average Bonchev–Trinajstić information content (AvgIpc) is 2.56. The van der Waals surface area contributed by atoms with E-state index in [0.717, 1.165) is 0 Å². The monoisotopic (exact) mass is 356 g/mol. The molecule has 0 aliphatic rings. The third kappa shape index (κ3) is 4.59. The number of anilines is 1. The zero-order valence-corrected chi connectivity index (χ0v) is 15.7. The first-order valence-corrected chi connectivity index (χ1v) is 8.41. The van der Waals surface area contributed by atoms with Crippen molar-refractivity contribution in [3.05, 3.63) is 63.7 Å². The van der Waals surface area contributed by atoms with Crippen LogP contribution in [-0.2, 0) is 10.2 Å². The molecule has 6 nitrogen and oxygen atoms in total. The lowest BCUT2D eigenvalue weighted by Gasteiger charge is -2.20. The van der Waals surface area contributed by atoms with Crippen LogP contribution in [0.5, 0.6) is 5.75 Å². The van der Waals surface area contributed by atoms with Gasteiger partial charge in [-0.15, -0.1) is 0 Å². The number of hydrogen-bond acceptors (Lipinski definition) is 4. The summed E-state index contributed by atoms with van der Waals surface area (Å²) in [4.78, 5) is 22.9. The van der Waals surface area contributed by atoms with E-state index in [1.54, 1.807) is 19.9 Å². The van der Waals surface area contributed by atoms with Gasteiger partial charge < -0.3 is 10.1 Å². The predicted octanol–water partition coefficient (Wildman–Crippen LogP) is 4.61. The smallest absolute Gasteiger partial charge is 0.274 e. The van der Waals surface area contributed by atoms with E-state index < -0.39 is 11.0 Å². The maximum absolute atomic E-state index is 12.4. The predicted molar refractivity (Wildman–Crippen MR) is 102 cm³/mol. The number of nitro groups is 1. The second-order valence-corrected chi connectivity index (χ2v) is 7.23. The fourth-order valence-electron chi connectivity index (χ4n) is 2.48. The first-order chi connectivity index (χ1) is 12.1. The molecule has 0 radical (unpaired) electrons. The number of carbonyl (C=O) groups is 1. The summed E-state index contributed by atoms with van der Waals surface area (Å²) in [7, 11) is 0. The van der Waals surface area contributed by atoms with Gasteiger partial charge in [0.1, 0.15) is 5.75 Å². The molecule has 6 heteroatoms. The lowest BCUT2D eigenvalue weighted by Crippen LogP contribution is -2.30. The SMILES string of the molecule is Cc1c(NC(=O)C(C)Oc2ccc(C(C)(C)C)cc2)cccc1[N+](=O)[O-]. The van der Waals surface area contributed by atoms with E-state index in [9.17, 15) is 14.9 Å². The van der Waals surface area contributed by atoms with Gasteiger partial charge in [-0.3, -0.25) is 14.9 Å². The summed E-state index contributed by atoms with van der Waals surface area (Å²) in [6, 6.07) is 12.2. The topological polar surface area (TPSA) is 81.5 Å². The number of nitrogens with one attached hydrogen (secondary N) is 1. The molecule has 0 spiro atoms. The minimum Gasteiger partial charge on any atom is -0.481 e. The number of hydrogen-bond donors (Lipinski definition) is 1. The Morgan fingerprint density at radius 2 is 1.77 bits per heavy atom. The van der Waals surface area contributed by atoms with Crippen molar-refractivity contribution in [3.8, 4) is 5.75 Å². The number of nitro benzene ring substituents is 1. The van der Waals surface area contributed by atoms with Crippen molar-refractivity contribution >= 4 is 17.3 Å². The van der Waals surface area contributed by atoms with Gasteiger partial charge in [0.2, 0.25) is 0 Å². The Bertz CT molecular complexity index is 808. The van der Waals surface area contributed by atoms with Crippen molar-refractivity contribution in [3.63, 3.8) is 0 Å². The number of benzene rings is 2. The van der Waals surface area contributed by atoms with Crippen molar-refractivity contribution in [2.75, 3.05) is 5.32 Å². The van der Waals surface area contributed by atoms with E-state index in [-0.39, 0.29) is 17.0 Å². The minimum atomic E-state index is -0.742. The molecule has 26 heavy (non-hydrogen) atoms. The van der Waals surface area contributed by atoms with Crippen molar-refractivity contribution in [2.45, 2.75) is 46.1 Å². The van der Waals surface area contributed by atoms with Gasteiger partial charge in [-0.25, -0.2) is 0 Å². The Balaban J connectivity index is 2.06. The lowest BCUT2D eigenvalue weighted by molar-refractivity contribution is -0.385. The molecule has 2 aromatic rings. The van der Waals surface area contributed by atoms with Gasteiger partial charge in [-0.05, 0) is 43.0 Å². The summed E-state index contributed by atoms with van der Waals surface area (Å²) in [5, 5.41) is 13.7. The largest absolute Gasteiger partial charge is 0.481 e. The first kappa shape index (κ1) is 19.4. The van der Waals surface area contributed by atoms with Crippen LogP contribution < -0.4 is 10.1 Å². The minimum absolute atomic E-state index is 0.0332. The molecule has 0 aliphatic heterocycles. The van der Waals surface area contributed by atoms with Crippen LogP contribution in [0, 0.1) is 17.0 Å². The molecule has 1 atom stereocenters. The van der Waals surface area contributed by atoms with Crippen LogP contribution in [0.15, 0.2) is 42.5 Å². The van der Waals surface area contributed by atoms with Gasteiger partial charge in [0.05, 0.1) is 16.2 Å². The number of amides is 1. The molecule has 1 amide bonds. The maximum atomic E-state index is 12.4. The highest BCUT2D eigenvalue weighted by atomic mass is 16.6. The summed E-state index contributed by atoms with van der Waals surface area (Å²) >= 11 is 0. The van der Waals surface area contributed by atoms with Crippen molar-refractivity contribution < 1.29 is 14.5 Å². The molecule has 2 aromatic carbocycles. The standard InChI is InChI=1S/C20H24N2O4/c1-13-17(7-6-8-18(13)22(24)25)21-19(23)14(2)26-16-11-9-15(10-12-16)20(3,4)5/h6-12,14H,1-5H3,(H,21,23). The highest BCUT2D eigenvalue weighted by molar-refractivity contribution is 5.95. The average molecular weight is 356 g/mol. The molecule has 138 valence electrons. The molecule has 0 bridgehead atoms. The van der Waals surface area contributed by atoms with Crippen molar-refractivity contribution in [1.82, 2.24) is 0 Å². The molecule has 1 N–H and O–H groups in total. The molecular weight excluding hydrogens is 332 g/mol. The fourth-order valence-corrected chi connectivity index (χ4v) is 2.48. The summed E-state index contributed by atoms with van der Waals surface area (Å²) in [5.74, 6) is 0.227. The Labute approximate surface area is 153 Å².